The Morgan fingerprint density at radius 2 is 1.54 bits per heavy atom. The predicted octanol–water partition coefficient (Wildman–Crippen LogP) is 1.37. The lowest BCUT2D eigenvalue weighted by Gasteiger charge is -2.42. The highest BCUT2D eigenvalue weighted by molar-refractivity contribution is 5.91. The fraction of sp³-hybridized carbons (Fsp3) is 0.214. The molecule has 0 aliphatic carbocycles. The first-order chi connectivity index (χ1) is 19.5. The maximum absolute atomic E-state index is 13.1. The van der Waals surface area contributed by atoms with E-state index >= 15 is 0 Å². The van der Waals surface area contributed by atoms with E-state index in [1.807, 2.05) is 0 Å². The molecule has 3 aromatic carbocycles. The largest absolute Gasteiger partial charge is 0.508 e. The lowest BCUT2D eigenvalue weighted by atomic mass is 9.89. The molecular weight excluding hydrogens is 544 g/mol. The normalized spacial score (nSPS) is 22.5. The molecule has 214 valence electrons. The van der Waals surface area contributed by atoms with Crippen LogP contribution in [0.15, 0.2) is 63.8 Å². The molecule has 1 aliphatic heterocycles. The van der Waals surface area contributed by atoms with Crippen molar-refractivity contribution in [3.8, 4) is 40.1 Å². The van der Waals surface area contributed by atoms with Crippen LogP contribution in [0.2, 0.25) is 0 Å². The fourth-order valence-corrected chi connectivity index (χ4v) is 4.66. The summed E-state index contributed by atoms with van der Waals surface area (Å²) < 4.78 is 17.1. The van der Waals surface area contributed by atoms with Crippen molar-refractivity contribution in [2.45, 2.75) is 30.5 Å². The first kappa shape index (κ1) is 27.7. The lowest BCUT2D eigenvalue weighted by molar-refractivity contribution is -0.231. The monoisotopic (exact) mass is 568 g/mol. The quantitative estimate of drug-likeness (QED) is 0.126. The third-order valence-electron chi connectivity index (χ3n) is 6.76. The maximum Gasteiger partial charge on any atom is 0.338 e. The van der Waals surface area contributed by atoms with Crippen LogP contribution in [-0.4, -0.2) is 77.8 Å². The third-order valence-corrected chi connectivity index (χ3v) is 6.76. The van der Waals surface area contributed by atoms with Gasteiger partial charge in [-0.1, -0.05) is 0 Å². The second-order valence-electron chi connectivity index (χ2n) is 9.39. The zero-order valence-electron chi connectivity index (χ0n) is 20.9. The Bertz CT molecular complexity index is 1680. The number of esters is 1. The molecule has 0 radical (unpaired) electrons. The van der Waals surface area contributed by atoms with E-state index in [2.05, 4.69) is 0 Å². The molecule has 1 fully saturated rings. The van der Waals surface area contributed by atoms with Crippen molar-refractivity contribution in [3.05, 3.63) is 75.9 Å². The van der Waals surface area contributed by atoms with E-state index in [4.69, 9.17) is 13.9 Å². The number of benzene rings is 3. The van der Waals surface area contributed by atoms with E-state index in [9.17, 15) is 50.4 Å². The molecule has 0 bridgehead atoms. The Morgan fingerprint density at radius 1 is 0.829 bits per heavy atom. The van der Waals surface area contributed by atoms with Crippen molar-refractivity contribution >= 4 is 16.9 Å². The van der Waals surface area contributed by atoms with Crippen LogP contribution in [0, 0.1) is 0 Å². The van der Waals surface area contributed by atoms with Crippen molar-refractivity contribution in [1.82, 2.24) is 0 Å². The summed E-state index contributed by atoms with van der Waals surface area (Å²) in [5, 5.41) is 81.4. The second-order valence-corrected chi connectivity index (χ2v) is 9.39. The number of rotatable bonds is 5. The average Bonchev–Trinajstić information content (AvgIpc) is 2.93. The Kier molecular flexibility index (Phi) is 7.19. The molecule has 4 aromatic rings. The molecule has 13 nitrogen and oxygen atoms in total. The van der Waals surface area contributed by atoms with Crippen LogP contribution in [0.1, 0.15) is 22.0 Å². The van der Waals surface area contributed by atoms with E-state index in [0.717, 1.165) is 24.3 Å². The van der Waals surface area contributed by atoms with Crippen LogP contribution in [0.5, 0.6) is 28.7 Å². The molecule has 5 rings (SSSR count). The topological polar surface area (TPSA) is 228 Å². The summed E-state index contributed by atoms with van der Waals surface area (Å²) in [6.45, 7) is -0.799. The van der Waals surface area contributed by atoms with Gasteiger partial charge in [-0.3, -0.25) is 4.79 Å². The second kappa shape index (κ2) is 10.6. The smallest absolute Gasteiger partial charge is 0.338 e. The molecule has 0 spiro atoms. The number of phenols is 5. The number of aliphatic hydroxyl groups excluding tert-OH is 3. The number of hydrogen-bond donors (Lipinski definition) is 8. The van der Waals surface area contributed by atoms with Gasteiger partial charge in [0.2, 0.25) is 0 Å². The summed E-state index contributed by atoms with van der Waals surface area (Å²) in [6, 6.07) is 10.3. The Labute approximate surface area is 229 Å². The zero-order chi connectivity index (χ0) is 29.6. The van der Waals surface area contributed by atoms with Gasteiger partial charge in [-0.25, -0.2) is 4.79 Å². The Hall–Kier alpha value is -4.82. The van der Waals surface area contributed by atoms with Crippen molar-refractivity contribution < 1.29 is 59.5 Å². The van der Waals surface area contributed by atoms with Gasteiger partial charge in [0.1, 0.15) is 52.8 Å². The van der Waals surface area contributed by atoms with Gasteiger partial charge in [0, 0.05) is 17.7 Å². The molecular formula is C28H24O13. The maximum atomic E-state index is 13.1. The highest BCUT2D eigenvalue weighted by Crippen LogP contribution is 2.45. The Morgan fingerprint density at radius 3 is 2.20 bits per heavy atom. The van der Waals surface area contributed by atoms with E-state index in [0.29, 0.717) is 0 Å². The SMILES string of the molecule is O=C(O[C@@H]1[C@@H](O)[C@H](O)[C@H](CO)O[C@H]1c1c(O)cc(O)c2c(=O)cc(-c3ccc(O)c(O)c3)oc12)c1ccc(O)cc1. The number of carbonyl (C=O) groups excluding carboxylic acids is 1. The number of ether oxygens (including phenoxy) is 2. The van der Waals surface area contributed by atoms with E-state index in [1.54, 1.807) is 0 Å². The van der Waals surface area contributed by atoms with Crippen molar-refractivity contribution in [1.29, 1.82) is 0 Å². The van der Waals surface area contributed by atoms with Gasteiger partial charge in [-0.05, 0) is 42.5 Å². The van der Waals surface area contributed by atoms with Crippen LogP contribution in [0.4, 0.5) is 0 Å². The summed E-state index contributed by atoms with van der Waals surface area (Å²) in [4.78, 5) is 26.0. The van der Waals surface area contributed by atoms with Crippen LogP contribution in [0.25, 0.3) is 22.3 Å². The van der Waals surface area contributed by atoms with E-state index in [1.165, 1.54) is 30.3 Å². The molecule has 8 N–H and O–H groups in total. The van der Waals surface area contributed by atoms with Crippen molar-refractivity contribution in [2.75, 3.05) is 6.61 Å². The van der Waals surface area contributed by atoms with Crippen molar-refractivity contribution in [2.24, 2.45) is 0 Å². The van der Waals surface area contributed by atoms with Crippen LogP contribution >= 0.6 is 0 Å². The van der Waals surface area contributed by atoms with Crippen molar-refractivity contribution in [3.63, 3.8) is 0 Å². The minimum atomic E-state index is -1.88. The molecule has 0 saturated carbocycles. The fourth-order valence-electron chi connectivity index (χ4n) is 4.66. The number of fused-ring (bicyclic) bond motifs is 1. The molecule has 0 amide bonds. The van der Waals surface area contributed by atoms with Gasteiger partial charge >= 0.3 is 5.97 Å². The number of carbonyl (C=O) groups is 1. The first-order valence-corrected chi connectivity index (χ1v) is 12.2. The molecule has 13 heteroatoms. The number of aromatic hydroxyl groups is 5. The summed E-state index contributed by atoms with van der Waals surface area (Å²) >= 11 is 0. The third kappa shape index (κ3) is 4.98. The minimum Gasteiger partial charge on any atom is -0.508 e. The molecule has 0 unspecified atom stereocenters. The van der Waals surface area contributed by atoms with Gasteiger partial charge in [0.25, 0.3) is 0 Å². The van der Waals surface area contributed by atoms with Gasteiger partial charge in [-0.2, -0.15) is 0 Å². The van der Waals surface area contributed by atoms with E-state index in [-0.39, 0.29) is 28.2 Å². The minimum absolute atomic E-state index is 0.0479. The summed E-state index contributed by atoms with van der Waals surface area (Å²) in [5.74, 6) is -3.66. The highest BCUT2D eigenvalue weighted by atomic mass is 16.6. The summed E-state index contributed by atoms with van der Waals surface area (Å²) in [6.07, 6.45) is -8.48. The molecule has 5 atom stereocenters. The molecule has 41 heavy (non-hydrogen) atoms. The van der Waals surface area contributed by atoms with Gasteiger partial charge in [0.05, 0.1) is 17.7 Å². The predicted molar refractivity (Wildman–Crippen MR) is 139 cm³/mol. The molecule has 1 aromatic heterocycles. The zero-order valence-corrected chi connectivity index (χ0v) is 20.9. The summed E-state index contributed by atoms with van der Waals surface area (Å²) in [7, 11) is 0. The molecule has 1 aliphatic rings. The van der Waals surface area contributed by atoms with Crippen LogP contribution in [-0.2, 0) is 9.47 Å². The number of phenolic OH excluding ortho intramolecular Hbond substituents is 5. The van der Waals surface area contributed by atoms with Crippen LogP contribution < -0.4 is 5.43 Å². The molecule has 1 saturated heterocycles. The van der Waals surface area contributed by atoms with Gasteiger partial charge in [0.15, 0.2) is 28.6 Å². The first-order valence-electron chi connectivity index (χ1n) is 12.2. The lowest BCUT2D eigenvalue weighted by Crippen LogP contribution is -2.56. The Balaban J connectivity index is 1.69. The van der Waals surface area contributed by atoms with Gasteiger partial charge < -0.3 is 54.7 Å². The van der Waals surface area contributed by atoms with E-state index < -0.39 is 82.5 Å². The van der Waals surface area contributed by atoms with Gasteiger partial charge in [-0.15, -0.1) is 0 Å². The molecule has 2 heterocycles. The average molecular weight is 568 g/mol. The van der Waals surface area contributed by atoms with Crippen LogP contribution in [0.3, 0.4) is 0 Å². The highest BCUT2D eigenvalue weighted by Gasteiger charge is 2.49. The standard InChI is InChI=1S/C28H24O13/c29-10-20-23(36)24(37)27(41-28(38)11-1-4-13(30)5-2-11)26(40-20)22-17(34)8-16(33)21-18(35)9-19(39-25(21)22)12-3-6-14(31)15(32)7-12/h1-9,20,23-24,26-27,29-34,36-37H,10H2/t20-,23+,24-,26-,27+/m0/s1. The summed E-state index contributed by atoms with van der Waals surface area (Å²) in [5.41, 5.74) is -1.54. The number of aliphatic hydroxyl groups is 3. The number of hydrogen-bond acceptors (Lipinski definition) is 13.